The Morgan fingerprint density at radius 2 is 2.07 bits per heavy atom. The summed E-state index contributed by atoms with van der Waals surface area (Å²) < 4.78 is 0. The first-order valence-corrected chi connectivity index (χ1v) is 4.65. The number of nitrogens with zero attached hydrogens (tertiary/aromatic N) is 2. The fourth-order valence-electron chi connectivity index (χ4n) is 1.35. The van der Waals surface area contributed by atoms with Gasteiger partial charge in [-0.3, -0.25) is 14.8 Å². The van der Waals surface area contributed by atoms with Crippen LogP contribution in [0.2, 0.25) is 0 Å². The number of aryl methyl sites for hydroxylation is 1. The van der Waals surface area contributed by atoms with Gasteiger partial charge in [-0.15, -0.1) is 0 Å². The summed E-state index contributed by atoms with van der Waals surface area (Å²) in [6.45, 7) is 1.86. The number of pyridine rings is 2. The highest BCUT2D eigenvalue weighted by molar-refractivity contribution is 6.08. The van der Waals surface area contributed by atoms with Crippen molar-refractivity contribution < 1.29 is 4.79 Å². The van der Waals surface area contributed by atoms with E-state index in [9.17, 15) is 4.79 Å². The fraction of sp³-hybridized carbons (Fsp3) is 0.0833. The van der Waals surface area contributed by atoms with Gasteiger partial charge in [0.1, 0.15) is 0 Å². The number of hydrogen-bond donors (Lipinski definition) is 0. The van der Waals surface area contributed by atoms with Crippen molar-refractivity contribution in [1.29, 1.82) is 0 Å². The van der Waals surface area contributed by atoms with E-state index in [1.165, 1.54) is 0 Å². The van der Waals surface area contributed by atoms with E-state index < -0.39 is 0 Å². The molecule has 2 heterocycles. The van der Waals surface area contributed by atoms with Gasteiger partial charge in [-0.2, -0.15) is 0 Å². The molecule has 0 atom stereocenters. The average Bonchev–Trinajstić information content (AvgIpc) is 2.29. The average molecular weight is 198 g/mol. The van der Waals surface area contributed by atoms with Gasteiger partial charge in [-0.25, -0.2) is 0 Å². The van der Waals surface area contributed by atoms with Gasteiger partial charge in [-0.05, 0) is 31.2 Å². The molecule has 74 valence electrons. The molecular formula is C12H10N2O. The summed E-state index contributed by atoms with van der Waals surface area (Å²) >= 11 is 0. The fourth-order valence-corrected chi connectivity index (χ4v) is 1.35. The first kappa shape index (κ1) is 9.52. The lowest BCUT2D eigenvalue weighted by atomic mass is 10.1. The van der Waals surface area contributed by atoms with Crippen LogP contribution in [0, 0.1) is 6.92 Å². The molecule has 0 bridgehead atoms. The maximum Gasteiger partial charge on any atom is 0.194 e. The Balaban J connectivity index is 2.37. The van der Waals surface area contributed by atoms with E-state index in [2.05, 4.69) is 9.97 Å². The highest BCUT2D eigenvalue weighted by atomic mass is 16.1. The Hall–Kier alpha value is -2.03. The summed E-state index contributed by atoms with van der Waals surface area (Å²) in [6, 6.07) is 6.99. The zero-order valence-electron chi connectivity index (χ0n) is 8.34. The highest BCUT2D eigenvalue weighted by Gasteiger charge is 2.08. The number of carbonyl (C=O) groups excluding carboxylic acids is 1. The maximum absolute atomic E-state index is 11.9. The van der Waals surface area contributed by atoms with Crippen LogP contribution in [0.3, 0.4) is 0 Å². The molecule has 0 aliphatic carbocycles. The Kier molecular flexibility index (Phi) is 2.54. The van der Waals surface area contributed by atoms with Gasteiger partial charge in [0.15, 0.2) is 5.78 Å². The van der Waals surface area contributed by atoms with Gasteiger partial charge in [0.25, 0.3) is 0 Å². The van der Waals surface area contributed by atoms with Crippen LogP contribution in [0.25, 0.3) is 0 Å². The van der Waals surface area contributed by atoms with Gasteiger partial charge in [0.2, 0.25) is 0 Å². The van der Waals surface area contributed by atoms with Crippen LogP contribution in [0.5, 0.6) is 0 Å². The highest BCUT2D eigenvalue weighted by Crippen LogP contribution is 2.08. The lowest BCUT2D eigenvalue weighted by molar-refractivity contribution is 0.103. The lowest BCUT2D eigenvalue weighted by Crippen LogP contribution is -2.02. The van der Waals surface area contributed by atoms with Crippen molar-refractivity contribution in [1.82, 2.24) is 9.97 Å². The molecule has 15 heavy (non-hydrogen) atoms. The van der Waals surface area contributed by atoms with Gasteiger partial charge in [-0.1, -0.05) is 0 Å². The number of hydrogen-bond acceptors (Lipinski definition) is 3. The number of rotatable bonds is 2. The van der Waals surface area contributed by atoms with Crippen molar-refractivity contribution in [2.24, 2.45) is 0 Å². The van der Waals surface area contributed by atoms with Gasteiger partial charge >= 0.3 is 0 Å². The molecule has 0 radical (unpaired) electrons. The van der Waals surface area contributed by atoms with Crippen LogP contribution in [0.15, 0.2) is 42.9 Å². The monoisotopic (exact) mass is 198 g/mol. The molecule has 0 aromatic carbocycles. The Labute approximate surface area is 87.8 Å². The zero-order valence-corrected chi connectivity index (χ0v) is 8.34. The van der Waals surface area contributed by atoms with E-state index in [-0.39, 0.29) is 5.78 Å². The van der Waals surface area contributed by atoms with Gasteiger partial charge in [0, 0.05) is 35.4 Å². The molecule has 3 heteroatoms. The third kappa shape index (κ3) is 2.07. The smallest absolute Gasteiger partial charge is 0.194 e. The number of carbonyl (C=O) groups is 1. The van der Waals surface area contributed by atoms with Gasteiger partial charge in [0.05, 0.1) is 0 Å². The Bertz CT molecular complexity index is 480. The van der Waals surface area contributed by atoms with E-state index in [1.807, 2.05) is 6.92 Å². The molecule has 0 aliphatic heterocycles. The maximum atomic E-state index is 11.9. The SMILES string of the molecule is Cc1cc(C(=O)c2cccnc2)ccn1. The molecule has 0 fully saturated rings. The van der Waals surface area contributed by atoms with Crippen LogP contribution >= 0.6 is 0 Å². The number of ketones is 1. The largest absolute Gasteiger partial charge is 0.289 e. The molecule has 0 amide bonds. The van der Waals surface area contributed by atoms with Gasteiger partial charge < -0.3 is 0 Å². The Morgan fingerprint density at radius 1 is 1.20 bits per heavy atom. The molecule has 2 rings (SSSR count). The molecule has 0 unspecified atom stereocenters. The third-order valence-electron chi connectivity index (χ3n) is 2.08. The van der Waals surface area contributed by atoms with Crippen molar-refractivity contribution in [2.45, 2.75) is 6.92 Å². The third-order valence-corrected chi connectivity index (χ3v) is 2.08. The lowest BCUT2D eigenvalue weighted by Gasteiger charge is -2.00. The van der Waals surface area contributed by atoms with Crippen LogP contribution in [-0.4, -0.2) is 15.8 Å². The molecule has 3 nitrogen and oxygen atoms in total. The quantitative estimate of drug-likeness (QED) is 0.693. The Morgan fingerprint density at radius 3 is 2.73 bits per heavy atom. The molecule has 0 N–H and O–H groups in total. The van der Waals surface area contributed by atoms with E-state index in [1.54, 1.807) is 42.9 Å². The van der Waals surface area contributed by atoms with E-state index >= 15 is 0 Å². The van der Waals surface area contributed by atoms with Crippen molar-refractivity contribution in [2.75, 3.05) is 0 Å². The van der Waals surface area contributed by atoms with Crippen molar-refractivity contribution in [3.8, 4) is 0 Å². The predicted octanol–water partition coefficient (Wildman–Crippen LogP) is 2.02. The predicted molar refractivity (Wildman–Crippen MR) is 56.6 cm³/mol. The summed E-state index contributed by atoms with van der Waals surface area (Å²) in [6.07, 6.45) is 4.85. The molecule has 0 spiro atoms. The summed E-state index contributed by atoms with van der Waals surface area (Å²) in [5.41, 5.74) is 2.09. The van der Waals surface area contributed by atoms with Crippen LogP contribution in [0.1, 0.15) is 21.6 Å². The minimum atomic E-state index is -0.0198. The minimum Gasteiger partial charge on any atom is -0.289 e. The first-order valence-electron chi connectivity index (χ1n) is 4.65. The second kappa shape index (κ2) is 4.00. The summed E-state index contributed by atoms with van der Waals surface area (Å²) in [7, 11) is 0. The molecular weight excluding hydrogens is 188 g/mol. The molecule has 0 aliphatic rings. The summed E-state index contributed by atoms with van der Waals surface area (Å²) in [4.78, 5) is 19.9. The molecule has 0 saturated heterocycles. The van der Waals surface area contributed by atoms with Crippen molar-refractivity contribution >= 4 is 5.78 Å². The molecule has 2 aromatic heterocycles. The van der Waals surface area contributed by atoms with Crippen molar-refractivity contribution in [3.63, 3.8) is 0 Å². The van der Waals surface area contributed by atoms with Crippen molar-refractivity contribution in [3.05, 3.63) is 59.7 Å². The normalized spacial score (nSPS) is 9.93. The topological polar surface area (TPSA) is 42.9 Å². The second-order valence-electron chi connectivity index (χ2n) is 3.26. The number of aromatic nitrogens is 2. The summed E-state index contributed by atoms with van der Waals surface area (Å²) in [5, 5.41) is 0. The van der Waals surface area contributed by atoms with E-state index in [4.69, 9.17) is 0 Å². The molecule has 2 aromatic rings. The zero-order chi connectivity index (χ0) is 10.7. The van der Waals surface area contributed by atoms with Crippen LogP contribution in [-0.2, 0) is 0 Å². The summed E-state index contributed by atoms with van der Waals surface area (Å²) in [5.74, 6) is -0.0198. The molecule has 0 saturated carbocycles. The second-order valence-corrected chi connectivity index (χ2v) is 3.26. The van der Waals surface area contributed by atoms with E-state index in [0.29, 0.717) is 11.1 Å². The van der Waals surface area contributed by atoms with Crippen LogP contribution in [0.4, 0.5) is 0 Å². The van der Waals surface area contributed by atoms with Crippen LogP contribution < -0.4 is 0 Å². The van der Waals surface area contributed by atoms with E-state index in [0.717, 1.165) is 5.69 Å². The minimum absolute atomic E-state index is 0.0198. The first-order chi connectivity index (χ1) is 7.27. The standard InChI is InChI=1S/C12H10N2O/c1-9-7-10(4-6-14-9)12(15)11-3-2-5-13-8-11/h2-8H,1H3.